The highest BCUT2D eigenvalue weighted by molar-refractivity contribution is 5.98. The summed E-state index contributed by atoms with van der Waals surface area (Å²) >= 11 is 0. The molecule has 1 aliphatic carbocycles. The van der Waals surface area contributed by atoms with Gasteiger partial charge in [-0.15, -0.1) is 0 Å². The molecule has 0 heterocycles. The molecule has 2 aromatic rings. The molecule has 5 N–H and O–H groups in total. The molecule has 2 atom stereocenters. The van der Waals surface area contributed by atoms with E-state index >= 15 is 0 Å². The molecule has 1 fully saturated rings. The minimum atomic E-state index is -1.16. The minimum Gasteiger partial charge on any atom is -0.350 e. The maximum Gasteiger partial charge on any atom is 0.268 e. The van der Waals surface area contributed by atoms with Crippen LogP contribution in [0, 0.1) is 11.8 Å². The maximum atomic E-state index is 12.6. The van der Waals surface area contributed by atoms with E-state index in [1.807, 2.05) is 30.3 Å². The van der Waals surface area contributed by atoms with E-state index in [-0.39, 0.29) is 12.5 Å². The Hall–Kier alpha value is -3.67. The van der Waals surface area contributed by atoms with Gasteiger partial charge in [-0.2, -0.15) is 0 Å². The molecule has 0 saturated heterocycles. The Morgan fingerprint density at radius 2 is 1.59 bits per heavy atom. The van der Waals surface area contributed by atoms with E-state index in [1.54, 1.807) is 31.2 Å². The molecule has 8 nitrogen and oxygen atoms in total. The van der Waals surface area contributed by atoms with Gasteiger partial charge >= 0.3 is 0 Å². The van der Waals surface area contributed by atoms with Gasteiger partial charge in [0.2, 0.25) is 5.91 Å². The number of carbonyl (C=O) groups excluding carboxylic acids is 3. The summed E-state index contributed by atoms with van der Waals surface area (Å²) < 4.78 is 0. The van der Waals surface area contributed by atoms with Crippen molar-refractivity contribution in [3.8, 4) is 11.8 Å². The van der Waals surface area contributed by atoms with E-state index < -0.39 is 23.9 Å². The second-order valence-electron chi connectivity index (χ2n) is 7.63. The predicted molar refractivity (Wildman–Crippen MR) is 119 cm³/mol. The molecule has 2 aromatic carbocycles. The zero-order valence-electron chi connectivity index (χ0n) is 17.7. The molecule has 0 aromatic heterocycles. The van der Waals surface area contributed by atoms with Gasteiger partial charge in [0.05, 0.1) is 12.6 Å². The van der Waals surface area contributed by atoms with Gasteiger partial charge in [0.25, 0.3) is 11.8 Å². The number of amides is 3. The van der Waals surface area contributed by atoms with Crippen LogP contribution in [0.4, 0.5) is 0 Å². The molecule has 3 rings (SSSR count). The summed E-state index contributed by atoms with van der Waals surface area (Å²) in [5, 5.41) is 17.4. The fourth-order valence-electron chi connectivity index (χ4n) is 3.00. The average Bonchev–Trinajstić information content (AvgIpc) is 3.65. The summed E-state index contributed by atoms with van der Waals surface area (Å²) in [6, 6.07) is 14.6. The van der Waals surface area contributed by atoms with E-state index in [4.69, 9.17) is 5.21 Å². The molecule has 1 aliphatic rings. The Balaban J connectivity index is 1.60. The van der Waals surface area contributed by atoms with Gasteiger partial charge in [-0.3, -0.25) is 19.6 Å². The van der Waals surface area contributed by atoms with E-state index in [2.05, 4.69) is 27.8 Å². The zero-order valence-corrected chi connectivity index (χ0v) is 17.7. The molecule has 1 saturated carbocycles. The number of rotatable bonds is 8. The monoisotopic (exact) mass is 434 g/mol. The molecule has 3 amide bonds. The van der Waals surface area contributed by atoms with Gasteiger partial charge < -0.3 is 16.0 Å². The molecular formula is C24H26N4O4. The Labute approximate surface area is 186 Å². The summed E-state index contributed by atoms with van der Waals surface area (Å²) in [5.41, 5.74) is 3.48. The second-order valence-corrected chi connectivity index (χ2v) is 7.63. The first-order chi connectivity index (χ1) is 15.5. The van der Waals surface area contributed by atoms with Crippen LogP contribution >= 0.6 is 0 Å². The van der Waals surface area contributed by atoms with Crippen molar-refractivity contribution >= 4 is 17.7 Å². The van der Waals surface area contributed by atoms with Crippen molar-refractivity contribution in [1.82, 2.24) is 21.4 Å². The fraction of sp³-hybridized carbons (Fsp3) is 0.292. The lowest BCUT2D eigenvalue weighted by molar-refractivity contribution is -0.132. The fourth-order valence-corrected chi connectivity index (χ4v) is 3.00. The maximum absolute atomic E-state index is 12.6. The van der Waals surface area contributed by atoms with Crippen LogP contribution in [0.2, 0.25) is 0 Å². The third-order valence-corrected chi connectivity index (χ3v) is 4.97. The van der Waals surface area contributed by atoms with Crippen molar-refractivity contribution in [2.24, 2.45) is 0 Å². The summed E-state index contributed by atoms with van der Waals surface area (Å²) in [5.74, 6) is 4.43. The van der Waals surface area contributed by atoms with Gasteiger partial charge in [0, 0.05) is 22.7 Å². The van der Waals surface area contributed by atoms with E-state index in [0.29, 0.717) is 11.6 Å². The third kappa shape index (κ3) is 6.94. The summed E-state index contributed by atoms with van der Waals surface area (Å²) in [6.07, 6.45) is 2.09. The number of nitrogens with one attached hydrogen (secondary N) is 4. The molecule has 0 bridgehead atoms. The first-order valence-corrected chi connectivity index (χ1v) is 10.4. The summed E-state index contributed by atoms with van der Waals surface area (Å²) in [6.45, 7) is 1.71. The largest absolute Gasteiger partial charge is 0.350 e. The Bertz CT molecular complexity index is 1010. The number of hydrogen-bond acceptors (Lipinski definition) is 5. The SMILES string of the molecule is C[C@H](NC(=O)CNC1CC1)[C@H](NC(=O)c1ccc(C#Cc2ccccc2)cc1)C(=O)NO. The molecule has 0 unspecified atom stereocenters. The minimum absolute atomic E-state index is 0.127. The Kier molecular flexibility index (Phi) is 7.97. The van der Waals surface area contributed by atoms with Crippen LogP contribution in [-0.2, 0) is 9.59 Å². The van der Waals surface area contributed by atoms with Crippen LogP contribution in [-0.4, -0.2) is 47.6 Å². The van der Waals surface area contributed by atoms with Crippen molar-refractivity contribution in [3.05, 3.63) is 71.3 Å². The molecule has 8 heteroatoms. The molecule has 32 heavy (non-hydrogen) atoms. The van der Waals surface area contributed by atoms with Crippen LogP contribution in [0.1, 0.15) is 41.3 Å². The highest BCUT2D eigenvalue weighted by atomic mass is 16.5. The van der Waals surface area contributed by atoms with Gasteiger partial charge in [0.15, 0.2) is 0 Å². The lowest BCUT2D eigenvalue weighted by atomic mass is 10.1. The van der Waals surface area contributed by atoms with Gasteiger partial charge in [0.1, 0.15) is 6.04 Å². The normalized spacial score (nSPS) is 14.3. The standard InChI is InChI=1S/C24H26N4O4/c1-16(26-21(29)15-25-20-13-14-20)22(24(31)28-32)27-23(30)19-11-9-18(10-12-19)8-7-17-5-3-2-4-6-17/h2-6,9-12,16,20,22,25,32H,13-15H2,1H3,(H,26,29)(H,27,30)(H,28,31)/t16-,22-/m0/s1. The quantitative estimate of drug-likeness (QED) is 0.241. The van der Waals surface area contributed by atoms with Crippen molar-refractivity contribution in [2.45, 2.75) is 37.9 Å². The third-order valence-electron chi connectivity index (χ3n) is 4.97. The van der Waals surface area contributed by atoms with Crippen LogP contribution in [0.3, 0.4) is 0 Å². The molecule has 0 spiro atoms. The van der Waals surface area contributed by atoms with E-state index in [1.165, 1.54) is 5.48 Å². The Morgan fingerprint density at radius 3 is 2.19 bits per heavy atom. The predicted octanol–water partition coefficient (Wildman–Crippen LogP) is 0.947. The number of hydrogen-bond donors (Lipinski definition) is 5. The second kappa shape index (κ2) is 11.1. The van der Waals surface area contributed by atoms with Gasteiger partial charge in [-0.1, -0.05) is 30.0 Å². The summed E-state index contributed by atoms with van der Waals surface area (Å²) in [7, 11) is 0. The first-order valence-electron chi connectivity index (χ1n) is 10.4. The van der Waals surface area contributed by atoms with E-state index in [9.17, 15) is 14.4 Å². The van der Waals surface area contributed by atoms with Crippen molar-refractivity contribution in [3.63, 3.8) is 0 Å². The van der Waals surface area contributed by atoms with Crippen LogP contribution in [0.25, 0.3) is 0 Å². The topological polar surface area (TPSA) is 120 Å². The van der Waals surface area contributed by atoms with E-state index in [0.717, 1.165) is 24.0 Å². The number of benzene rings is 2. The Morgan fingerprint density at radius 1 is 0.969 bits per heavy atom. The lowest BCUT2D eigenvalue weighted by Gasteiger charge is -2.24. The average molecular weight is 434 g/mol. The number of carbonyl (C=O) groups is 3. The van der Waals surface area contributed by atoms with Crippen molar-refractivity contribution in [1.29, 1.82) is 0 Å². The molecule has 0 radical (unpaired) electrons. The lowest BCUT2D eigenvalue weighted by Crippen LogP contribution is -2.58. The molecule has 166 valence electrons. The molecule has 0 aliphatic heterocycles. The van der Waals surface area contributed by atoms with Gasteiger partial charge in [-0.25, -0.2) is 5.48 Å². The molecular weight excluding hydrogens is 408 g/mol. The highest BCUT2D eigenvalue weighted by Crippen LogP contribution is 2.17. The van der Waals surface area contributed by atoms with Crippen LogP contribution < -0.4 is 21.4 Å². The number of hydroxylamine groups is 1. The smallest absolute Gasteiger partial charge is 0.268 e. The van der Waals surface area contributed by atoms with Crippen LogP contribution in [0.15, 0.2) is 54.6 Å². The van der Waals surface area contributed by atoms with Crippen LogP contribution in [0.5, 0.6) is 0 Å². The highest BCUT2D eigenvalue weighted by Gasteiger charge is 2.29. The van der Waals surface area contributed by atoms with Crippen molar-refractivity contribution in [2.75, 3.05) is 6.54 Å². The van der Waals surface area contributed by atoms with Crippen molar-refractivity contribution < 1.29 is 19.6 Å². The zero-order chi connectivity index (χ0) is 22.9. The van der Waals surface area contributed by atoms with Gasteiger partial charge in [-0.05, 0) is 56.2 Å². The summed E-state index contributed by atoms with van der Waals surface area (Å²) in [4.78, 5) is 36.8. The first kappa shape index (κ1) is 23.0.